The lowest BCUT2D eigenvalue weighted by Gasteiger charge is -2.19. The van der Waals surface area contributed by atoms with Gasteiger partial charge in [-0.25, -0.2) is 0 Å². The zero-order valence-corrected chi connectivity index (χ0v) is 36.9. The third kappa shape index (κ3) is 10.3. The first-order chi connectivity index (χ1) is 30.0. The fourth-order valence-electron chi connectivity index (χ4n) is 7.88. The number of hydrogen-bond acceptors (Lipinski definition) is 0. The Morgan fingerprint density at radius 1 is 0.306 bits per heavy atom. The minimum atomic E-state index is 0.113. The Balaban J connectivity index is 1.04. The van der Waals surface area contributed by atoms with Gasteiger partial charge in [0.1, 0.15) is 0 Å². The van der Waals surface area contributed by atoms with Crippen LogP contribution in [0.2, 0.25) is 0 Å². The van der Waals surface area contributed by atoms with Crippen LogP contribution in [-0.4, -0.2) is 0 Å². The fraction of sp³-hybridized carbons (Fsp3) is 0.129. The molecule has 0 aromatic heterocycles. The summed E-state index contributed by atoms with van der Waals surface area (Å²) in [6.45, 7) is 13.6. The summed E-state index contributed by atoms with van der Waals surface area (Å²) in [4.78, 5) is 0. The lowest BCUT2D eigenvalue weighted by molar-refractivity contribution is 0.590. The first-order valence-corrected chi connectivity index (χ1v) is 21.8. The van der Waals surface area contributed by atoms with Crippen LogP contribution < -0.4 is 0 Å². The summed E-state index contributed by atoms with van der Waals surface area (Å²) in [7, 11) is 0. The number of benzene rings is 8. The highest BCUT2D eigenvalue weighted by atomic mass is 14.2. The number of hydrogen-bond donors (Lipinski definition) is 0. The van der Waals surface area contributed by atoms with Gasteiger partial charge in [-0.3, -0.25) is 0 Å². The average Bonchev–Trinajstić information content (AvgIpc) is 3.29. The maximum absolute atomic E-state index is 2.30. The normalized spacial score (nSPS) is 12.7. The minimum absolute atomic E-state index is 0.113. The van der Waals surface area contributed by atoms with Gasteiger partial charge in [0.2, 0.25) is 0 Å². The van der Waals surface area contributed by atoms with Crippen LogP contribution in [0, 0.1) is 0 Å². The fourth-order valence-corrected chi connectivity index (χ4v) is 7.88. The largest absolute Gasteiger partial charge is 0.0622 e. The molecule has 0 bridgehead atoms. The SMILES string of the molecule is CC(C)(C)c1ccc(C(=Cc2ccc(C=Cc3cc4ccccc4cc3C=Cc3ccc(C=C(c4ccccc4)c4ccc(C(C)(C)C)cc4)cc3)cc2)c2ccccc2)cc1. The molecule has 0 aliphatic carbocycles. The van der Waals surface area contributed by atoms with Gasteiger partial charge in [0, 0.05) is 0 Å². The molecule has 0 aliphatic heterocycles. The lowest BCUT2D eigenvalue weighted by Crippen LogP contribution is -2.10. The quantitative estimate of drug-likeness (QED) is 0.121. The Labute approximate surface area is 370 Å². The Hall–Kier alpha value is -7.02. The molecule has 0 atom stereocenters. The Kier molecular flexibility index (Phi) is 12.3. The van der Waals surface area contributed by atoms with Crippen molar-refractivity contribution < 1.29 is 0 Å². The molecule has 0 heteroatoms. The summed E-state index contributed by atoms with van der Waals surface area (Å²) in [5.74, 6) is 0. The monoisotopic (exact) mass is 800 g/mol. The predicted octanol–water partition coefficient (Wildman–Crippen LogP) is 17.0. The van der Waals surface area contributed by atoms with Crippen LogP contribution in [0.4, 0.5) is 0 Å². The van der Waals surface area contributed by atoms with E-state index in [1.54, 1.807) is 0 Å². The van der Waals surface area contributed by atoms with Crippen molar-refractivity contribution >= 4 is 58.4 Å². The Bertz CT molecular complexity index is 2670. The van der Waals surface area contributed by atoms with E-state index in [2.05, 4.69) is 272 Å². The van der Waals surface area contributed by atoms with E-state index < -0.39 is 0 Å². The predicted molar refractivity (Wildman–Crippen MR) is 272 cm³/mol. The van der Waals surface area contributed by atoms with Crippen molar-refractivity contribution in [1.82, 2.24) is 0 Å². The van der Waals surface area contributed by atoms with Crippen molar-refractivity contribution in [3.63, 3.8) is 0 Å². The van der Waals surface area contributed by atoms with Gasteiger partial charge in [0.25, 0.3) is 0 Å². The zero-order chi connectivity index (χ0) is 43.1. The van der Waals surface area contributed by atoms with Gasteiger partial charge in [0.15, 0.2) is 0 Å². The standard InChI is InChI=1S/C62H56/c1-61(2,3)57-37-33-51(34-38-57)59(49-15-9-7-10-16-49)41-47-25-21-45(22-26-47)29-31-55-43-53-19-13-14-20-54(53)44-56(55)32-30-46-23-27-48(28-24-46)42-60(50-17-11-8-12-18-50)52-35-39-58(40-36-52)62(4,5)6/h7-44H,1-6H3. The van der Waals surface area contributed by atoms with Crippen molar-refractivity contribution in [3.05, 3.63) is 261 Å². The minimum Gasteiger partial charge on any atom is -0.0622 e. The lowest BCUT2D eigenvalue weighted by atomic mass is 9.85. The molecule has 0 N–H and O–H groups in total. The maximum Gasteiger partial charge on any atom is -0.0105 e. The molecule has 0 heterocycles. The average molecular weight is 801 g/mol. The maximum atomic E-state index is 2.30. The van der Waals surface area contributed by atoms with Crippen LogP contribution >= 0.6 is 0 Å². The number of rotatable bonds is 10. The highest BCUT2D eigenvalue weighted by molar-refractivity contribution is 5.94. The summed E-state index contributed by atoms with van der Waals surface area (Å²) in [5.41, 5.74) is 17.2. The molecule has 0 saturated carbocycles. The van der Waals surface area contributed by atoms with Gasteiger partial charge in [-0.2, -0.15) is 0 Å². The summed E-state index contributed by atoms with van der Waals surface area (Å²) in [5, 5.41) is 2.46. The molecule has 8 rings (SSSR count). The second-order valence-corrected chi connectivity index (χ2v) is 18.3. The molecular formula is C62H56. The topological polar surface area (TPSA) is 0 Å². The molecule has 62 heavy (non-hydrogen) atoms. The second kappa shape index (κ2) is 18.3. The van der Waals surface area contributed by atoms with E-state index in [9.17, 15) is 0 Å². The first kappa shape index (κ1) is 41.7. The van der Waals surface area contributed by atoms with Crippen LogP contribution in [0.15, 0.2) is 194 Å². The molecule has 0 fully saturated rings. The van der Waals surface area contributed by atoms with Crippen LogP contribution in [0.3, 0.4) is 0 Å². The van der Waals surface area contributed by atoms with Crippen LogP contribution in [0.5, 0.6) is 0 Å². The smallest absolute Gasteiger partial charge is 0.0105 e. The Morgan fingerprint density at radius 2 is 0.613 bits per heavy atom. The van der Waals surface area contributed by atoms with E-state index in [4.69, 9.17) is 0 Å². The number of fused-ring (bicyclic) bond motifs is 1. The molecule has 0 spiro atoms. The highest BCUT2D eigenvalue weighted by Gasteiger charge is 2.16. The Morgan fingerprint density at radius 3 is 0.952 bits per heavy atom. The van der Waals surface area contributed by atoms with E-state index in [1.165, 1.54) is 77.6 Å². The molecule has 0 aliphatic rings. The van der Waals surface area contributed by atoms with Crippen molar-refractivity contribution in [2.45, 2.75) is 52.4 Å². The van der Waals surface area contributed by atoms with Crippen molar-refractivity contribution in [2.75, 3.05) is 0 Å². The van der Waals surface area contributed by atoms with Crippen LogP contribution in [0.1, 0.15) is 108 Å². The van der Waals surface area contributed by atoms with E-state index >= 15 is 0 Å². The van der Waals surface area contributed by atoms with E-state index in [-0.39, 0.29) is 10.8 Å². The van der Waals surface area contributed by atoms with Crippen molar-refractivity contribution in [1.29, 1.82) is 0 Å². The van der Waals surface area contributed by atoms with E-state index in [0.717, 1.165) is 11.1 Å². The van der Waals surface area contributed by atoms with Gasteiger partial charge in [-0.05, 0) is 124 Å². The molecule has 0 radical (unpaired) electrons. The highest BCUT2D eigenvalue weighted by Crippen LogP contribution is 2.32. The van der Waals surface area contributed by atoms with Crippen LogP contribution in [0.25, 0.3) is 58.4 Å². The van der Waals surface area contributed by atoms with Gasteiger partial charge in [-0.15, -0.1) is 0 Å². The summed E-state index contributed by atoms with van der Waals surface area (Å²) in [6, 6.07) is 70.4. The van der Waals surface area contributed by atoms with Crippen molar-refractivity contribution in [2.24, 2.45) is 0 Å². The van der Waals surface area contributed by atoms with Gasteiger partial charge in [-0.1, -0.05) is 248 Å². The molecule has 0 saturated heterocycles. The van der Waals surface area contributed by atoms with E-state index in [1.807, 2.05) is 0 Å². The van der Waals surface area contributed by atoms with E-state index in [0.29, 0.717) is 0 Å². The van der Waals surface area contributed by atoms with Gasteiger partial charge in [0.05, 0.1) is 0 Å². The zero-order valence-electron chi connectivity index (χ0n) is 36.9. The molecule has 304 valence electrons. The molecule has 0 amide bonds. The third-order valence-corrected chi connectivity index (χ3v) is 11.7. The molecule has 0 nitrogen and oxygen atoms in total. The summed E-state index contributed by atoms with van der Waals surface area (Å²) >= 11 is 0. The van der Waals surface area contributed by atoms with Gasteiger partial charge >= 0.3 is 0 Å². The molecule has 8 aromatic rings. The summed E-state index contributed by atoms with van der Waals surface area (Å²) < 4.78 is 0. The molecular weight excluding hydrogens is 745 g/mol. The molecule has 8 aromatic carbocycles. The first-order valence-electron chi connectivity index (χ1n) is 21.8. The van der Waals surface area contributed by atoms with Crippen LogP contribution in [-0.2, 0) is 10.8 Å². The second-order valence-electron chi connectivity index (χ2n) is 18.3. The van der Waals surface area contributed by atoms with Gasteiger partial charge < -0.3 is 0 Å². The molecule has 0 unspecified atom stereocenters. The summed E-state index contributed by atoms with van der Waals surface area (Å²) in [6.07, 6.45) is 13.5. The van der Waals surface area contributed by atoms with Crippen molar-refractivity contribution in [3.8, 4) is 0 Å². The third-order valence-electron chi connectivity index (χ3n) is 11.7.